The molecule has 0 bridgehead atoms. The maximum Gasteiger partial charge on any atom is 0.419 e. The van der Waals surface area contributed by atoms with E-state index in [1.54, 1.807) is 4.57 Å². The van der Waals surface area contributed by atoms with E-state index in [-0.39, 0.29) is 17.9 Å². The van der Waals surface area contributed by atoms with Crippen LogP contribution in [0.2, 0.25) is 0 Å². The lowest BCUT2D eigenvalue weighted by Crippen LogP contribution is -2.40. The molecule has 0 spiro atoms. The number of hydrogen-bond donors (Lipinski definition) is 1. The molecule has 6 heteroatoms. The number of carbonyl (C=O) groups excluding carboxylic acids is 1. The molecule has 0 radical (unpaired) electrons. The van der Waals surface area contributed by atoms with Crippen LogP contribution in [0.25, 0.3) is 0 Å². The Morgan fingerprint density at radius 2 is 1.77 bits per heavy atom. The molecular weight excluding hydrogens is 390 g/mol. The van der Waals surface area contributed by atoms with Crippen LogP contribution >= 0.6 is 0 Å². The van der Waals surface area contributed by atoms with Gasteiger partial charge in [-0.25, -0.2) is 4.79 Å². The summed E-state index contributed by atoms with van der Waals surface area (Å²) in [4.78, 5) is 27.9. The molecule has 0 saturated heterocycles. The summed E-state index contributed by atoms with van der Waals surface area (Å²) >= 11 is 0. The van der Waals surface area contributed by atoms with Crippen molar-refractivity contribution in [3.05, 3.63) is 93.8 Å². The first-order valence-electron chi connectivity index (χ1n) is 10.7. The predicted molar refractivity (Wildman–Crippen MR) is 122 cm³/mol. The molecule has 1 atom stereocenters. The van der Waals surface area contributed by atoms with Gasteiger partial charge in [0.25, 0.3) is 5.91 Å². The summed E-state index contributed by atoms with van der Waals surface area (Å²) in [6.45, 7) is 7.45. The highest BCUT2D eigenvalue weighted by atomic mass is 16.4. The van der Waals surface area contributed by atoms with Crippen molar-refractivity contribution in [3.8, 4) is 0 Å². The first kappa shape index (κ1) is 22.6. The van der Waals surface area contributed by atoms with Crippen molar-refractivity contribution in [3.63, 3.8) is 0 Å². The molecular formula is C25H31N3O3. The van der Waals surface area contributed by atoms with Crippen LogP contribution in [0.5, 0.6) is 0 Å². The van der Waals surface area contributed by atoms with E-state index in [0.29, 0.717) is 37.3 Å². The zero-order valence-electron chi connectivity index (χ0n) is 18.5. The summed E-state index contributed by atoms with van der Waals surface area (Å²) in [7, 11) is 0. The van der Waals surface area contributed by atoms with E-state index in [0.717, 1.165) is 11.1 Å². The van der Waals surface area contributed by atoms with Gasteiger partial charge < -0.3 is 15.1 Å². The van der Waals surface area contributed by atoms with Crippen molar-refractivity contribution in [2.24, 2.45) is 11.7 Å². The Morgan fingerprint density at radius 1 is 1.10 bits per heavy atom. The standard InChI is InChI=1S/C25H31N3O3/c1-18(2)23(22-17-31-25(30)28(22)16-20-8-5-4-6-9-20)27(15-7-14-26)24(29)21-12-10-19(3)11-13-21/h4-6,8-13,17-18,23H,7,14-16,26H2,1-3H3. The average Bonchev–Trinajstić information content (AvgIpc) is 3.11. The van der Waals surface area contributed by atoms with Gasteiger partial charge in [0.1, 0.15) is 6.26 Å². The largest absolute Gasteiger partial charge is 0.419 e. The molecule has 1 unspecified atom stereocenters. The van der Waals surface area contributed by atoms with E-state index in [1.165, 1.54) is 6.26 Å². The summed E-state index contributed by atoms with van der Waals surface area (Å²) in [5.74, 6) is -0.440. The summed E-state index contributed by atoms with van der Waals surface area (Å²) < 4.78 is 6.92. The molecule has 3 rings (SSSR count). The number of rotatable bonds is 9. The van der Waals surface area contributed by atoms with Crippen molar-refractivity contribution in [2.45, 2.75) is 39.8 Å². The predicted octanol–water partition coefficient (Wildman–Crippen LogP) is 3.99. The van der Waals surface area contributed by atoms with Gasteiger partial charge in [-0.3, -0.25) is 9.36 Å². The fourth-order valence-electron chi connectivity index (χ4n) is 3.85. The molecule has 1 amide bonds. The Bertz CT molecular complexity index is 1040. The number of nitrogens with zero attached hydrogens (tertiary/aromatic N) is 2. The SMILES string of the molecule is Cc1ccc(C(=O)N(CCCN)C(c2coc(=O)n2Cc2ccccc2)C(C)C)cc1. The maximum absolute atomic E-state index is 13.5. The van der Waals surface area contributed by atoms with Gasteiger partial charge >= 0.3 is 5.76 Å². The van der Waals surface area contributed by atoms with Crippen LogP contribution in [0.3, 0.4) is 0 Å². The Hall–Kier alpha value is -3.12. The van der Waals surface area contributed by atoms with Crippen LogP contribution in [0.1, 0.15) is 53.5 Å². The zero-order valence-corrected chi connectivity index (χ0v) is 18.5. The number of nitrogens with two attached hydrogens (primary N) is 1. The lowest BCUT2D eigenvalue weighted by atomic mass is 9.97. The number of aryl methyl sites for hydroxylation is 1. The minimum absolute atomic E-state index is 0.0613. The molecule has 2 N–H and O–H groups in total. The van der Waals surface area contributed by atoms with Crippen LogP contribution < -0.4 is 11.5 Å². The van der Waals surface area contributed by atoms with Crippen molar-refractivity contribution in [2.75, 3.05) is 13.1 Å². The Kier molecular flexibility index (Phi) is 7.47. The number of oxazole rings is 1. The third kappa shape index (κ3) is 5.33. The van der Waals surface area contributed by atoms with Crippen molar-refractivity contribution in [1.82, 2.24) is 9.47 Å². The molecule has 31 heavy (non-hydrogen) atoms. The van der Waals surface area contributed by atoms with Gasteiger partial charge in [0.15, 0.2) is 0 Å². The number of carbonyl (C=O) groups is 1. The van der Waals surface area contributed by atoms with Gasteiger partial charge in [0.2, 0.25) is 0 Å². The fraction of sp³-hybridized carbons (Fsp3) is 0.360. The highest BCUT2D eigenvalue weighted by molar-refractivity contribution is 5.94. The van der Waals surface area contributed by atoms with Crippen LogP contribution in [0, 0.1) is 12.8 Å². The number of amides is 1. The van der Waals surface area contributed by atoms with Gasteiger partial charge in [-0.15, -0.1) is 0 Å². The third-order valence-electron chi connectivity index (χ3n) is 5.43. The van der Waals surface area contributed by atoms with E-state index < -0.39 is 5.76 Å². The number of aromatic nitrogens is 1. The van der Waals surface area contributed by atoms with E-state index >= 15 is 0 Å². The normalized spacial score (nSPS) is 12.2. The van der Waals surface area contributed by atoms with Gasteiger partial charge in [-0.2, -0.15) is 0 Å². The molecule has 164 valence electrons. The molecule has 1 aromatic heterocycles. The van der Waals surface area contributed by atoms with Crippen molar-refractivity contribution < 1.29 is 9.21 Å². The van der Waals surface area contributed by atoms with Crippen LogP contribution in [0.15, 0.2) is 70.1 Å². The topological polar surface area (TPSA) is 81.5 Å². The van der Waals surface area contributed by atoms with E-state index in [4.69, 9.17) is 10.2 Å². The first-order chi connectivity index (χ1) is 14.9. The molecule has 0 fully saturated rings. The Balaban J connectivity index is 2.02. The average molecular weight is 422 g/mol. The third-order valence-corrected chi connectivity index (χ3v) is 5.43. The highest BCUT2D eigenvalue weighted by Crippen LogP contribution is 2.30. The smallest absolute Gasteiger partial charge is 0.416 e. The second-order valence-corrected chi connectivity index (χ2v) is 8.19. The second-order valence-electron chi connectivity index (χ2n) is 8.19. The number of benzene rings is 2. The molecule has 6 nitrogen and oxygen atoms in total. The summed E-state index contributed by atoms with van der Waals surface area (Å²) in [5.41, 5.74) is 9.18. The summed E-state index contributed by atoms with van der Waals surface area (Å²) in [6, 6.07) is 17.0. The minimum atomic E-state index is -0.425. The zero-order chi connectivity index (χ0) is 22.4. The van der Waals surface area contributed by atoms with Crippen LogP contribution in [-0.4, -0.2) is 28.5 Å². The molecule has 0 aliphatic heterocycles. The van der Waals surface area contributed by atoms with Crippen LogP contribution in [-0.2, 0) is 6.54 Å². The quantitative estimate of drug-likeness (QED) is 0.566. The lowest BCUT2D eigenvalue weighted by Gasteiger charge is -2.34. The van der Waals surface area contributed by atoms with E-state index in [1.807, 2.05) is 80.3 Å². The summed E-state index contributed by atoms with van der Waals surface area (Å²) in [5, 5.41) is 0. The van der Waals surface area contributed by atoms with Gasteiger partial charge in [-0.05, 0) is 43.5 Å². The monoisotopic (exact) mass is 421 g/mol. The fourth-order valence-corrected chi connectivity index (χ4v) is 3.85. The first-order valence-corrected chi connectivity index (χ1v) is 10.7. The molecule has 2 aromatic carbocycles. The summed E-state index contributed by atoms with van der Waals surface area (Å²) in [6.07, 6.45) is 2.16. The van der Waals surface area contributed by atoms with Gasteiger partial charge in [0, 0.05) is 12.1 Å². The second kappa shape index (κ2) is 10.3. The van der Waals surface area contributed by atoms with E-state index in [2.05, 4.69) is 0 Å². The van der Waals surface area contributed by atoms with Crippen LogP contribution in [0.4, 0.5) is 0 Å². The molecule has 0 aliphatic rings. The highest BCUT2D eigenvalue weighted by Gasteiger charge is 2.32. The van der Waals surface area contributed by atoms with Gasteiger partial charge in [-0.1, -0.05) is 61.9 Å². The van der Waals surface area contributed by atoms with E-state index in [9.17, 15) is 9.59 Å². The molecule has 1 heterocycles. The molecule has 0 saturated carbocycles. The molecule has 0 aliphatic carbocycles. The number of hydrogen-bond acceptors (Lipinski definition) is 4. The molecule has 3 aromatic rings. The Morgan fingerprint density at radius 3 is 2.39 bits per heavy atom. The lowest BCUT2D eigenvalue weighted by molar-refractivity contribution is 0.0610. The van der Waals surface area contributed by atoms with Crippen molar-refractivity contribution >= 4 is 5.91 Å². The minimum Gasteiger partial charge on any atom is -0.416 e. The maximum atomic E-state index is 13.5. The Labute approximate surface area is 183 Å². The van der Waals surface area contributed by atoms with Gasteiger partial charge in [0.05, 0.1) is 18.3 Å². The van der Waals surface area contributed by atoms with Crippen molar-refractivity contribution in [1.29, 1.82) is 0 Å².